The normalized spacial score (nSPS) is 11.9. The van der Waals surface area contributed by atoms with E-state index < -0.39 is 28.6 Å². The minimum absolute atomic E-state index is 0.120. The molecule has 30 heavy (non-hydrogen) atoms. The maximum absolute atomic E-state index is 12.0. The lowest BCUT2D eigenvalue weighted by Gasteiger charge is -2.22. The Bertz CT molecular complexity index is 904. The summed E-state index contributed by atoms with van der Waals surface area (Å²) < 4.78 is 15.5. The van der Waals surface area contributed by atoms with Crippen molar-refractivity contribution in [2.24, 2.45) is 0 Å². The standard InChI is InChI=1S/C21H24N2O7/c1-21(2,3)30-20(25)22-16(19(24)28-4)13-14-9-11-15(12-10-14)29-18-8-6-5-7-17(18)23(26)27/h5-12,16H,13H2,1-4H3,(H,22,25). The zero-order valence-electron chi connectivity index (χ0n) is 17.2. The molecule has 160 valence electrons. The highest BCUT2D eigenvalue weighted by molar-refractivity contribution is 5.81. The zero-order chi connectivity index (χ0) is 22.3. The Kier molecular flexibility index (Phi) is 7.35. The Morgan fingerprint density at radius 3 is 2.30 bits per heavy atom. The monoisotopic (exact) mass is 416 g/mol. The van der Waals surface area contributed by atoms with Gasteiger partial charge in [-0.05, 0) is 44.5 Å². The Labute approximate surface area is 174 Å². The second kappa shape index (κ2) is 9.73. The molecule has 1 amide bonds. The lowest BCUT2D eigenvalue weighted by Crippen LogP contribution is -2.45. The minimum Gasteiger partial charge on any atom is -0.467 e. The molecule has 0 heterocycles. The van der Waals surface area contributed by atoms with Gasteiger partial charge < -0.3 is 19.5 Å². The maximum Gasteiger partial charge on any atom is 0.408 e. The average Bonchev–Trinajstić information content (AvgIpc) is 2.67. The van der Waals surface area contributed by atoms with Crippen molar-refractivity contribution in [3.05, 3.63) is 64.2 Å². The third-order valence-electron chi connectivity index (χ3n) is 3.83. The van der Waals surface area contributed by atoms with Gasteiger partial charge in [0.1, 0.15) is 17.4 Å². The van der Waals surface area contributed by atoms with Gasteiger partial charge in [0.2, 0.25) is 5.75 Å². The number of amides is 1. The predicted molar refractivity (Wildman–Crippen MR) is 108 cm³/mol. The van der Waals surface area contributed by atoms with Crippen LogP contribution < -0.4 is 10.1 Å². The van der Waals surface area contributed by atoms with Crippen LogP contribution in [0.5, 0.6) is 11.5 Å². The van der Waals surface area contributed by atoms with Crippen molar-refractivity contribution in [2.75, 3.05) is 7.11 Å². The Morgan fingerprint density at radius 2 is 1.73 bits per heavy atom. The van der Waals surface area contributed by atoms with Gasteiger partial charge in [-0.15, -0.1) is 0 Å². The summed E-state index contributed by atoms with van der Waals surface area (Å²) >= 11 is 0. The molecule has 0 aromatic heterocycles. The van der Waals surface area contributed by atoms with E-state index in [1.54, 1.807) is 57.2 Å². The summed E-state index contributed by atoms with van der Waals surface area (Å²) in [5.74, 6) is -0.0989. The van der Waals surface area contributed by atoms with Crippen molar-refractivity contribution in [3.63, 3.8) is 0 Å². The van der Waals surface area contributed by atoms with Crippen molar-refractivity contribution in [2.45, 2.75) is 38.8 Å². The molecule has 1 atom stereocenters. The number of carbonyl (C=O) groups excluding carboxylic acids is 2. The highest BCUT2D eigenvalue weighted by atomic mass is 16.6. The van der Waals surface area contributed by atoms with Crippen LogP contribution in [0.25, 0.3) is 0 Å². The molecular formula is C21H24N2O7. The molecule has 1 unspecified atom stereocenters. The summed E-state index contributed by atoms with van der Waals surface area (Å²) in [6.07, 6.45) is -0.563. The molecule has 0 saturated heterocycles. The molecule has 9 heteroatoms. The number of rotatable bonds is 7. The van der Waals surface area contributed by atoms with Crippen LogP contribution in [-0.4, -0.2) is 35.7 Å². The van der Waals surface area contributed by atoms with Crippen molar-refractivity contribution >= 4 is 17.7 Å². The lowest BCUT2D eigenvalue weighted by atomic mass is 10.1. The van der Waals surface area contributed by atoms with Crippen LogP contribution in [0.3, 0.4) is 0 Å². The number of carbonyl (C=O) groups is 2. The molecule has 0 aliphatic carbocycles. The van der Waals surface area contributed by atoms with Gasteiger partial charge >= 0.3 is 17.7 Å². The Hall–Kier alpha value is -3.62. The van der Waals surface area contributed by atoms with Gasteiger partial charge in [-0.3, -0.25) is 10.1 Å². The number of esters is 1. The number of hydrogen-bond acceptors (Lipinski definition) is 7. The second-order valence-corrected chi connectivity index (χ2v) is 7.40. The van der Waals surface area contributed by atoms with E-state index in [0.29, 0.717) is 5.75 Å². The van der Waals surface area contributed by atoms with Gasteiger partial charge in [0.15, 0.2) is 0 Å². The summed E-state index contributed by atoms with van der Waals surface area (Å²) in [6, 6.07) is 11.7. The number of benzene rings is 2. The van der Waals surface area contributed by atoms with Gasteiger partial charge in [-0.1, -0.05) is 24.3 Å². The Morgan fingerprint density at radius 1 is 1.10 bits per heavy atom. The third-order valence-corrected chi connectivity index (χ3v) is 3.83. The molecule has 2 aromatic rings. The van der Waals surface area contributed by atoms with Crippen LogP contribution >= 0.6 is 0 Å². The molecule has 0 spiro atoms. The lowest BCUT2D eigenvalue weighted by molar-refractivity contribution is -0.385. The summed E-state index contributed by atoms with van der Waals surface area (Å²) in [5, 5.41) is 13.6. The number of nitro benzene ring substituents is 1. The van der Waals surface area contributed by atoms with E-state index in [4.69, 9.17) is 14.2 Å². The fourth-order valence-corrected chi connectivity index (χ4v) is 2.54. The fraction of sp³-hybridized carbons (Fsp3) is 0.333. The minimum atomic E-state index is -0.938. The van der Waals surface area contributed by atoms with E-state index in [0.717, 1.165) is 5.56 Å². The molecule has 2 rings (SSSR count). The molecule has 0 radical (unpaired) electrons. The van der Waals surface area contributed by atoms with Gasteiger partial charge in [-0.2, -0.15) is 0 Å². The first kappa shape index (κ1) is 22.7. The number of methoxy groups -OCH3 is 1. The largest absolute Gasteiger partial charge is 0.467 e. The molecule has 0 aliphatic rings. The first-order valence-corrected chi connectivity index (χ1v) is 9.16. The third kappa shape index (κ3) is 6.77. The van der Waals surface area contributed by atoms with Gasteiger partial charge in [0, 0.05) is 12.5 Å². The van der Waals surface area contributed by atoms with Gasteiger partial charge in [0.05, 0.1) is 12.0 Å². The first-order valence-electron chi connectivity index (χ1n) is 9.16. The topological polar surface area (TPSA) is 117 Å². The van der Waals surface area contributed by atoms with Crippen molar-refractivity contribution in [1.29, 1.82) is 0 Å². The summed E-state index contributed by atoms with van der Waals surface area (Å²) in [7, 11) is 1.23. The molecule has 0 saturated carbocycles. The van der Waals surface area contributed by atoms with E-state index in [1.165, 1.54) is 19.2 Å². The highest BCUT2D eigenvalue weighted by Crippen LogP contribution is 2.30. The van der Waals surface area contributed by atoms with Crippen molar-refractivity contribution < 1.29 is 28.7 Å². The quantitative estimate of drug-likeness (QED) is 0.412. The highest BCUT2D eigenvalue weighted by Gasteiger charge is 2.25. The fourth-order valence-electron chi connectivity index (χ4n) is 2.54. The molecular weight excluding hydrogens is 392 g/mol. The van der Waals surface area contributed by atoms with Crippen LogP contribution in [0.1, 0.15) is 26.3 Å². The molecule has 0 fully saturated rings. The summed E-state index contributed by atoms with van der Waals surface area (Å²) in [4.78, 5) is 34.6. The maximum atomic E-state index is 12.0. The van der Waals surface area contributed by atoms with E-state index in [-0.39, 0.29) is 17.9 Å². The first-order chi connectivity index (χ1) is 14.1. The smallest absolute Gasteiger partial charge is 0.408 e. The Balaban J connectivity index is 2.09. The van der Waals surface area contributed by atoms with Crippen LogP contribution in [0.15, 0.2) is 48.5 Å². The number of ether oxygens (including phenoxy) is 3. The SMILES string of the molecule is COC(=O)C(Cc1ccc(Oc2ccccc2[N+](=O)[O-])cc1)NC(=O)OC(C)(C)C. The van der Waals surface area contributed by atoms with Crippen LogP contribution in [0.4, 0.5) is 10.5 Å². The number of nitrogens with zero attached hydrogens (tertiary/aromatic N) is 1. The molecule has 2 aromatic carbocycles. The predicted octanol–water partition coefficient (Wildman–Crippen LogP) is 4.00. The van der Waals surface area contributed by atoms with Gasteiger partial charge in [-0.25, -0.2) is 9.59 Å². The van der Waals surface area contributed by atoms with Crippen molar-refractivity contribution in [1.82, 2.24) is 5.32 Å². The van der Waals surface area contributed by atoms with Crippen LogP contribution in [0.2, 0.25) is 0 Å². The molecule has 0 aliphatic heterocycles. The number of hydrogen-bond donors (Lipinski definition) is 1. The van der Waals surface area contributed by atoms with Crippen LogP contribution in [0, 0.1) is 10.1 Å². The summed E-state index contributed by atoms with van der Waals surface area (Å²) in [6.45, 7) is 5.15. The number of nitrogens with one attached hydrogen (secondary N) is 1. The number of para-hydroxylation sites is 2. The van der Waals surface area contributed by atoms with Crippen LogP contribution in [-0.2, 0) is 20.7 Å². The number of nitro groups is 1. The molecule has 1 N–H and O–H groups in total. The average molecular weight is 416 g/mol. The van der Waals surface area contributed by atoms with Gasteiger partial charge in [0.25, 0.3) is 0 Å². The molecule has 0 bridgehead atoms. The van der Waals surface area contributed by atoms with E-state index in [1.807, 2.05) is 0 Å². The van der Waals surface area contributed by atoms with Crippen molar-refractivity contribution in [3.8, 4) is 11.5 Å². The molecule has 9 nitrogen and oxygen atoms in total. The summed E-state index contributed by atoms with van der Waals surface area (Å²) in [5.41, 5.74) is -0.130. The second-order valence-electron chi connectivity index (χ2n) is 7.40. The van der Waals surface area contributed by atoms with E-state index in [2.05, 4.69) is 5.32 Å². The number of alkyl carbamates (subject to hydrolysis) is 1. The van der Waals surface area contributed by atoms with E-state index in [9.17, 15) is 19.7 Å². The zero-order valence-corrected chi connectivity index (χ0v) is 17.2. The van der Waals surface area contributed by atoms with E-state index >= 15 is 0 Å².